The quantitative estimate of drug-likeness (QED) is 0.518. The Balaban J connectivity index is 2.02. The summed E-state index contributed by atoms with van der Waals surface area (Å²) >= 11 is 0. The number of carbonyl (C=O) groups excluding carboxylic acids is 1. The highest BCUT2D eigenvalue weighted by Gasteiger charge is 2.45. The van der Waals surface area contributed by atoms with Gasteiger partial charge < -0.3 is 15.2 Å². The van der Waals surface area contributed by atoms with Gasteiger partial charge in [-0.05, 0) is 6.42 Å². The summed E-state index contributed by atoms with van der Waals surface area (Å²) in [6.07, 6.45) is 0.378. The lowest BCUT2D eigenvalue weighted by Crippen LogP contribution is -2.46. The summed E-state index contributed by atoms with van der Waals surface area (Å²) in [5.74, 6) is -0.00283. The number of carbonyl (C=O) groups is 1. The van der Waals surface area contributed by atoms with Crippen molar-refractivity contribution in [3.63, 3.8) is 0 Å². The van der Waals surface area contributed by atoms with Crippen LogP contribution in [0.4, 0.5) is 0 Å². The second-order valence-electron chi connectivity index (χ2n) is 3.90. The van der Waals surface area contributed by atoms with Crippen LogP contribution in [0.3, 0.4) is 0 Å². The minimum Gasteiger partial charge on any atom is -0.394 e. The predicted octanol–water partition coefficient (Wildman–Crippen LogP) is -1.60. The van der Waals surface area contributed by atoms with Crippen molar-refractivity contribution in [2.24, 2.45) is 5.92 Å². The van der Waals surface area contributed by atoms with Crippen LogP contribution >= 0.6 is 0 Å². The van der Waals surface area contributed by atoms with Gasteiger partial charge in [0, 0.05) is 13.0 Å². The minimum absolute atomic E-state index is 0.0102. The van der Waals surface area contributed by atoms with Crippen molar-refractivity contribution in [3.05, 3.63) is 0 Å². The molecule has 2 saturated heterocycles. The van der Waals surface area contributed by atoms with E-state index in [9.17, 15) is 4.79 Å². The van der Waals surface area contributed by atoms with Crippen LogP contribution in [0.15, 0.2) is 0 Å². The van der Waals surface area contributed by atoms with E-state index in [1.54, 1.807) is 7.05 Å². The van der Waals surface area contributed by atoms with Gasteiger partial charge in [-0.3, -0.25) is 9.63 Å². The van der Waals surface area contributed by atoms with Crippen LogP contribution in [0.1, 0.15) is 6.42 Å². The number of fused-ring (bicyclic) bond motifs is 1. The molecule has 15 heavy (non-hydrogen) atoms. The Morgan fingerprint density at radius 2 is 2.47 bits per heavy atom. The molecule has 86 valence electrons. The third kappa shape index (κ3) is 1.98. The molecule has 6 nitrogen and oxygen atoms in total. The largest absolute Gasteiger partial charge is 0.394 e. The second-order valence-corrected chi connectivity index (χ2v) is 3.90. The highest BCUT2D eigenvalue weighted by atomic mass is 16.7. The Kier molecular flexibility index (Phi) is 3.20. The van der Waals surface area contributed by atoms with Crippen molar-refractivity contribution >= 4 is 5.91 Å². The van der Waals surface area contributed by atoms with Crippen molar-refractivity contribution in [2.75, 3.05) is 20.3 Å². The number of hydrogen-bond acceptors (Lipinski definition) is 5. The summed E-state index contributed by atoms with van der Waals surface area (Å²) in [6, 6.07) is -0.335. The van der Waals surface area contributed by atoms with Crippen LogP contribution in [-0.4, -0.2) is 49.5 Å². The van der Waals surface area contributed by atoms with E-state index >= 15 is 0 Å². The lowest BCUT2D eigenvalue weighted by Gasteiger charge is -2.30. The summed E-state index contributed by atoms with van der Waals surface area (Å²) in [7, 11) is 1.60. The molecule has 0 aromatic carbocycles. The fraction of sp³-hybridized carbons (Fsp3) is 0.889. The SMILES string of the molecule is CNC(=O)[C@H]1NO[C@H]2CO[C@H](CO)C[C@H]21. The minimum atomic E-state index is -0.335. The maximum absolute atomic E-state index is 11.5. The molecule has 1 amide bonds. The maximum Gasteiger partial charge on any atom is 0.239 e. The summed E-state index contributed by atoms with van der Waals surface area (Å²) < 4.78 is 5.36. The summed E-state index contributed by atoms with van der Waals surface area (Å²) in [4.78, 5) is 16.8. The van der Waals surface area contributed by atoms with Crippen molar-refractivity contribution < 1.29 is 19.5 Å². The fourth-order valence-electron chi connectivity index (χ4n) is 2.13. The lowest BCUT2D eigenvalue weighted by molar-refractivity contribution is -0.124. The average Bonchev–Trinajstić information content (AvgIpc) is 2.70. The number of ether oxygens (including phenoxy) is 1. The maximum atomic E-state index is 11.5. The van der Waals surface area contributed by atoms with Crippen LogP contribution in [0, 0.1) is 5.92 Å². The van der Waals surface area contributed by atoms with Crippen LogP contribution in [-0.2, 0) is 14.4 Å². The monoisotopic (exact) mass is 216 g/mol. The molecule has 0 aromatic heterocycles. The van der Waals surface area contributed by atoms with E-state index in [0.29, 0.717) is 13.0 Å². The Morgan fingerprint density at radius 1 is 1.67 bits per heavy atom. The van der Waals surface area contributed by atoms with E-state index < -0.39 is 0 Å². The molecule has 2 rings (SSSR count). The van der Waals surface area contributed by atoms with Crippen molar-refractivity contribution in [2.45, 2.75) is 24.7 Å². The van der Waals surface area contributed by atoms with Gasteiger partial charge in [-0.1, -0.05) is 0 Å². The van der Waals surface area contributed by atoms with Crippen molar-refractivity contribution in [3.8, 4) is 0 Å². The third-order valence-corrected chi connectivity index (χ3v) is 3.02. The van der Waals surface area contributed by atoms with Gasteiger partial charge in [0.15, 0.2) is 0 Å². The van der Waals surface area contributed by atoms with Crippen molar-refractivity contribution in [1.82, 2.24) is 10.8 Å². The first-order valence-electron chi connectivity index (χ1n) is 5.11. The molecule has 0 saturated carbocycles. The van der Waals surface area contributed by atoms with Crippen LogP contribution in [0.2, 0.25) is 0 Å². The van der Waals surface area contributed by atoms with E-state index in [4.69, 9.17) is 14.7 Å². The summed E-state index contributed by atoms with van der Waals surface area (Å²) in [6.45, 7) is 0.417. The number of rotatable bonds is 2. The number of aliphatic hydroxyl groups excluding tert-OH is 1. The Hall–Kier alpha value is -0.690. The molecule has 0 aromatic rings. The molecular weight excluding hydrogens is 200 g/mol. The number of hydroxylamine groups is 1. The first kappa shape index (κ1) is 10.8. The predicted molar refractivity (Wildman–Crippen MR) is 50.8 cm³/mol. The zero-order valence-electron chi connectivity index (χ0n) is 8.60. The molecule has 0 spiro atoms. The average molecular weight is 216 g/mol. The Morgan fingerprint density at radius 3 is 3.13 bits per heavy atom. The van der Waals surface area contributed by atoms with Gasteiger partial charge in [0.05, 0.1) is 19.3 Å². The lowest BCUT2D eigenvalue weighted by atomic mass is 9.87. The number of aliphatic hydroxyl groups is 1. The van der Waals surface area contributed by atoms with Gasteiger partial charge in [0.25, 0.3) is 0 Å². The first-order chi connectivity index (χ1) is 7.26. The molecule has 0 bridgehead atoms. The molecular formula is C9H16N2O4. The van der Waals surface area contributed by atoms with Gasteiger partial charge in [0.1, 0.15) is 12.1 Å². The molecule has 4 atom stereocenters. The zero-order valence-corrected chi connectivity index (χ0v) is 8.60. The third-order valence-electron chi connectivity index (χ3n) is 3.02. The second kappa shape index (κ2) is 4.44. The Bertz CT molecular complexity index is 248. The van der Waals surface area contributed by atoms with Gasteiger partial charge in [0.2, 0.25) is 5.91 Å². The van der Waals surface area contributed by atoms with Gasteiger partial charge in [-0.25, -0.2) is 0 Å². The van der Waals surface area contributed by atoms with E-state index in [2.05, 4.69) is 10.8 Å². The van der Waals surface area contributed by atoms with Gasteiger partial charge >= 0.3 is 0 Å². The number of nitrogens with one attached hydrogen (secondary N) is 2. The molecule has 2 aliphatic rings. The molecule has 3 N–H and O–H groups in total. The Labute approximate surface area is 87.9 Å². The van der Waals surface area contributed by atoms with Crippen molar-refractivity contribution in [1.29, 1.82) is 0 Å². The van der Waals surface area contributed by atoms with Crippen LogP contribution in [0.25, 0.3) is 0 Å². The molecule has 6 heteroatoms. The molecule has 2 heterocycles. The van der Waals surface area contributed by atoms with Gasteiger partial charge in [-0.15, -0.1) is 0 Å². The normalized spacial score (nSPS) is 39.9. The topological polar surface area (TPSA) is 79.8 Å². The molecule has 0 radical (unpaired) electrons. The highest BCUT2D eigenvalue weighted by Crippen LogP contribution is 2.29. The van der Waals surface area contributed by atoms with Gasteiger partial charge in [-0.2, -0.15) is 5.48 Å². The molecule has 2 aliphatic heterocycles. The number of amides is 1. The number of likely N-dealkylation sites (N-methyl/N-ethyl adjacent to an activating group) is 1. The van der Waals surface area contributed by atoms with E-state index in [-0.39, 0.29) is 36.7 Å². The fourth-order valence-corrected chi connectivity index (χ4v) is 2.13. The van der Waals surface area contributed by atoms with E-state index in [1.807, 2.05) is 0 Å². The summed E-state index contributed by atoms with van der Waals surface area (Å²) in [5.41, 5.74) is 2.72. The molecule has 2 fully saturated rings. The highest BCUT2D eigenvalue weighted by molar-refractivity contribution is 5.82. The standard InChI is InChI=1S/C9H16N2O4/c1-10-9(13)8-6-2-5(3-12)14-4-7(6)15-11-8/h5-8,11-12H,2-4H2,1H3,(H,10,13)/t5-,6+,7-,8-/m0/s1. The molecule has 0 unspecified atom stereocenters. The zero-order chi connectivity index (χ0) is 10.8. The van der Waals surface area contributed by atoms with Crippen LogP contribution in [0.5, 0.6) is 0 Å². The first-order valence-corrected chi connectivity index (χ1v) is 5.11. The number of hydrogen-bond donors (Lipinski definition) is 3. The van der Waals surface area contributed by atoms with Crippen LogP contribution < -0.4 is 10.8 Å². The van der Waals surface area contributed by atoms with E-state index in [1.165, 1.54) is 0 Å². The summed E-state index contributed by atoms with van der Waals surface area (Å²) in [5, 5.41) is 11.6. The smallest absolute Gasteiger partial charge is 0.239 e. The van der Waals surface area contributed by atoms with E-state index in [0.717, 1.165) is 0 Å². The molecule has 0 aliphatic carbocycles.